The van der Waals surface area contributed by atoms with Crippen LogP contribution in [0.5, 0.6) is 0 Å². The van der Waals surface area contributed by atoms with Gasteiger partial charge in [0.05, 0.1) is 12.5 Å². The standard InChI is InChI=1S/C12H22N4O2S/c1-10(2)16(8-11-3-5-13-6-4-11)19(17,18)12-7-14-9-15-12/h7,9-11,13H,3-6,8H2,1-2H3,(H,14,15). The molecule has 0 bridgehead atoms. The number of piperidine rings is 1. The molecule has 1 saturated heterocycles. The second-order valence-electron chi connectivity index (χ2n) is 5.28. The Kier molecular flexibility index (Phi) is 4.59. The molecule has 1 aliphatic heterocycles. The van der Waals surface area contributed by atoms with Crippen LogP contribution >= 0.6 is 0 Å². The van der Waals surface area contributed by atoms with Gasteiger partial charge in [-0.3, -0.25) is 0 Å². The van der Waals surface area contributed by atoms with Crippen molar-refractivity contribution in [1.29, 1.82) is 0 Å². The Morgan fingerprint density at radius 1 is 1.42 bits per heavy atom. The smallest absolute Gasteiger partial charge is 0.260 e. The summed E-state index contributed by atoms with van der Waals surface area (Å²) in [6.07, 6.45) is 4.83. The number of H-pyrrole nitrogens is 1. The van der Waals surface area contributed by atoms with Crippen LogP contribution in [0.1, 0.15) is 26.7 Å². The van der Waals surface area contributed by atoms with Crippen LogP contribution in [0.3, 0.4) is 0 Å². The van der Waals surface area contributed by atoms with Gasteiger partial charge in [0.25, 0.3) is 10.0 Å². The zero-order valence-electron chi connectivity index (χ0n) is 11.5. The fourth-order valence-corrected chi connectivity index (χ4v) is 4.03. The Labute approximate surface area is 114 Å². The molecule has 1 aromatic rings. The van der Waals surface area contributed by atoms with Gasteiger partial charge in [0.1, 0.15) is 0 Å². The van der Waals surface area contributed by atoms with Crippen LogP contribution < -0.4 is 5.32 Å². The highest BCUT2D eigenvalue weighted by molar-refractivity contribution is 7.89. The second-order valence-corrected chi connectivity index (χ2v) is 7.14. The number of aromatic amines is 1. The molecule has 2 heterocycles. The summed E-state index contributed by atoms with van der Waals surface area (Å²) >= 11 is 0. The first-order valence-corrected chi connectivity index (χ1v) is 8.16. The van der Waals surface area contributed by atoms with Crippen LogP contribution in [0.2, 0.25) is 0 Å². The molecule has 0 unspecified atom stereocenters. The molecule has 2 rings (SSSR count). The second kappa shape index (κ2) is 6.02. The first-order valence-electron chi connectivity index (χ1n) is 6.72. The number of sulfonamides is 1. The number of hydrogen-bond acceptors (Lipinski definition) is 4. The first-order chi connectivity index (χ1) is 9.01. The zero-order chi connectivity index (χ0) is 13.9. The molecule has 108 valence electrons. The topological polar surface area (TPSA) is 78.1 Å². The van der Waals surface area contributed by atoms with Crippen molar-refractivity contribution in [3.63, 3.8) is 0 Å². The van der Waals surface area contributed by atoms with Crippen molar-refractivity contribution in [2.75, 3.05) is 19.6 Å². The third-order valence-electron chi connectivity index (χ3n) is 3.53. The normalized spacial score (nSPS) is 18.3. The summed E-state index contributed by atoms with van der Waals surface area (Å²) in [4.78, 5) is 6.50. The van der Waals surface area contributed by atoms with Crippen LogP contribution in [-0.4, -0.2) is 48.4 Å². The number of aromatic nitrogens is 2. The molecule has 1 fully saturated rings. The Morgan fingerprint density at radius 2 is 2.11 bits per heavy atom. The molecular formula is C12H22N4O2S. The Bertz CT molecular complexity index is 478. The summed E-state index contributed by atoms with van der Waals surface area (Å²) in [5, 5.41) is 3.48. The van der Waals surface area contributed by atoms with Gasteiger partial charge in [-0.05, 0) is 45.7 Å². The Balaban J connectivity index is 2.15. The number of hydrogen-bond donors (Lipinski definition) is 2. The van der Waals surface area contributed by atoms with Crippen molar-refractivity contribution in [2.45, 2.75) is 37.8 Å². The predicted molar refractivity (Wildman–Crippen MR) is 73.2 cm³/mol. The number of nitrogens with one attached hydrogen (secondary N) is 2. The SMILES string of the molecule is CC(C)N(CC1CCNCC1)S(=O)(=O)c1cnc[nH]1. The van der Waals surface area contributed by atoms with Crippen LogP contribution in [-0.2, 0) is 10.0 Å². The summed E-state index contributed by atoms with van der Waals surface area (Å²) in [6.45, 7) is 6.35. The van der Waals surface area contributed by atoms with Gasteiger partial charge in [0, 0.05) is 12.6 Å². The zero-order valence-corrected chi connectivity index (χ0v) is 12.3. The summed E-state index contributed by atoms with van der Waals surface area (Å²) in [7, 11) is -3.46. The average Bonchev–Trinajstić information content (AvgIpc) is 2.91. The monoisotopic (exact) mass is 286 g/mol. The highest BCUT2D eigenvalue weighted by atomic mass is 32.2. The largest absolute Gasteiger partial charge is 0.335 e. The maximum atomic E-state index is 12.5. The molecule has 2 N–H and O–H groups in total. The van der Waals surface area contributed by atoms with E-state index in [-0.39, 0.29) is 11.1 Å². The van der Waals surface area contributed by atoms with Crippen LogP contribution in [0.15, 0.2) is 17.6 Å². The molecule has 0 atom stereocenters. The lowest BCUT2D eigenvalue weighted by atomic mass is 9.98. The van der Waals surface area contributed by atoms with Gasteiger partial charge < -0.3 is 10.3 Å². The molecule has 0 radical (unpaired) electrons. The van der Waals surface area contributed by atoms with Gasteiger partial charge in [0.15, 0.2) is 5.03 Å². The van der Waals surface area contributed by atoms with E-state index in [0.29, 0.717) is 12.5 Å². The van der Waals surface area contributed by atoms with Gasteiger partial charge >= 0.3 is 0 Å². The molecule has 0 saturated carbocycles. The molecule has 1 aromatic heterocycles. The van der Waals surface area contributed by atoms with Gasteiger partial charge in [-0.15, -0.1) is 0 Å². The number of imidazole rings is 1. The summed E-state index contributed by atoms with van der Waals surface area (Å²) < 4.78 is 26.7. The van der Waals surface area contributed by atoms with E-state index >= 15 is 0 Å². The van der Waals surface area contributed by atoms with Crippen molar-refractivity contribution in [2.24, 2.45) is 5.92 Å². The summed E-state index contributed by atoms with van der Waals surface area (Å²) in [6, 6.07) is -0.0526. The molecule has 19 heavy (non-hydrogen) atoms. The van der Waals surface area contributed by atoms with Gasteiger partial charge in [0.2, 0.25) is 0 Å². The van der Waals surface area contributed by atoms with E-state index < -0.39 is 10.0 Å². The molecule has 1 aliphatic rings. The minimum Gasteiger partial charge on any atom is -0.335 e. The van der Waals surface area contributed by atoms with E-state index in [1.54, 1.807) is 4.31 Å². The fourth-order valence-electron chi connectivity index (χ4n) is 2.42. The Hall–Kier alpha value is -0.920. The maximum absolute atomic E-state index is 12.5. The van der Waals surface area contributed by atoms with E-state index in [2.05, 4.69) is 15.3 Å². The van der Waals surface area contributed by atoms with Crippen LogP contribution in [0.25, 0.3) is 0 Å². The lowest BCUT2D eigenvalue weighted by Crippen LogP contribution is -2.43. The summed E-state index contributed by atoms with van der Waals surface area (Å²) in [5.41, 5.74) is 0. The van der Waals surface area contributed by atoms with Crippen molar-refractivity contribution in [1.82, 2.24) is 19.6 Å². The highest BCUT2D eigenvalue weighted by Gasteiger charge is 2.30. The minimum atomic E-state index is -3.46. The molecular weight excluding hydrogens is 264 g/mol. The summed E-state index contributed by atoms with van der Waals surface area (Å²) in [5.74, 6) is 0.432. The predicted octanol–water partition coefficient (Wildman–Crippen LogP) is 0.808. The van der Waals surface area contributed by atoms with E-state index in [1.807, 2.05) is 13.8 Å². The van der Waals surface area contributed by atoms with Crippen molar-refractivity contribution in [3.05, 3.63) is 12.5 Å². The van der Waals surface area contributed by atoms with Crippen molar-refractivity contribution < 1.29 is 8.42 Å². The molecule has 0 aromatic carbocycles. The highest BCUT2D eigenvalue weighted by Crippen LogP contribution is 2.21. The van der Waals surface area contributed by atoms with Crippen molar-refractivity contribution >= 4 is 10.0 Å². The Morgan fingerprint density at radius 3 is 2.63 bits per heavy atom. The molecule has 0 aliphatic carbocycles. The quantitative estimate of drug-likeness (QED) is 0.839. The fraction of sp³-hybridized carbons (Fsp3) is 0.750. The van der Waals surface area contributed by atoms with Gasteiger partial charge in [-0.1, -0.05) is 0 Å². The number of nitrogens with zero attached hydrogens (tertiary/aromatic N) is 2. The van der Waals surface area contributed by atoms with E-state index in [1.165, 1.54) is 12.5 Å². The lowest BCUT2D eigenvalue weighted by molar-refractivity contribution is 0.260. The maximum Gasteiger partial charge on any atom is 0.260 e. The van der Waals surface area contributed by atoms with Crippen molar-refractivity contribution in [3.8, 4) is 0 Å². The average molecular weight is 286 g/mol. The van der Waals surface area contributed by atoms with E-state index in [9.17, 15) is 8.42 Å². The minimum absolute atomic E-state index is 0.0526. The molecule has 7 heteroatoms. The third-order valence-corrected chi connectivity index (χ3v) is 5.50. The van der Waals surface area contributed by atoms with Crippen LogP contribution in [0.4, 0.5) is 0 Å². The van der Waals surface area contributed by atoms with E-state index in [4.69, 9.17) is 0 Å². The first kappa shape index (κ1) is 14.5. The molecule has 0 spiro atoms. The van der Waals surface area contributed by atoms with E-state index in [0.717, 1.165) is 25.9 Å². The van der Waals surface area contributed by atoms with Crippen LogP contribution in [0, 0.1) is 5.92 Å². The van der Waals surface area contributed by atoms with Gasteiger partial charge in [-0.25, -0.2) is 13.4 Å². The van der Waals surface area contributed by atoms with Gasteiger partial charge in [-0.2, -0.15) is 4.31 Å². The number of rotatable bonds is 5. The molecule has 6 nitrogen and oxygen atoms in total. The molecule has 0 amide bonds. The lowest BCUT2D eigenvalue weighted by Gasteiger charge is -2.31. The third kappa shape index (κ3) is 3.34.